The Bertz CT molecular complexity index is 573. The fraction of sp³-hybridized carbons (Fsp3) is 0.706. The van der Waals surface area contributed by atoms with Gasteiger partial charge in [-0.3, -0.25) is 0 Å². The standard InChI is InChI=1S/C17H25ClN4O2/c1-17(2,3)24-16(23)22-12-5-4-6-13(22)10-11(9-12)19-15-8-7-14(18)20-21-15/h7-8,11-13H,4-6,9-10H2,1-3H3,(H,19,21). The van der Waals surface area contributed by atoms with E-state index in [4.69, 9.17) is 16.3 Å². The van der Waals surface area contributed by atoms with Crippen molar-refractivity contribution in [1.29, 1.82) is 0 Å². The van der Waals surface area contributed by atoms with Gasteiger partial charge in [0.2, 0.25) is 0 Å². The van der Waals surface area contributed by atoms with E-state index in [-0.39, 0.29) is 24.2 Å². The normalized spacial score (nSPS) is 26.8. The van der Waals surface area contributed by atoms with E-state index in [1.165, 1.54) is 6.42 Å². The molecule has 2 bridgehead atoms. The number of hydrogen-bond donors (Lipinski definition) is 1. The monoisotopic (exact) mass is 352 g/mol. The van der Waals surface area contributed by atoms with Crippen LogP contribution in [0.4, 0.5) is 10.6 Å². The molecule has 2 fully saturated rings. The number of aromatic nitrogens is 2. The van der Waals surface area contributed by atoms with E-state index >= 15 is 0 Å². The topological polar surface area (TPSA) is 67.3 Å². The number of nitrogens with zero attached hydrogens (tertiary/aromatic N) is 3. The third-order valence-corrected chi connectivity index (χ3v) is 4.76. The molecule has 132 valence electrons. The molecule has 0 aliphatic carbocycles. The average molecular weight is 353 g/mol. The smallest absolute Gasteiger partial charge is 0.410 e. The van der Waals surface area contributed by atoms with Crippen LogP contribution in [0.5, 0.6) is 0 Å². The maximum atomic E-state index is 12.6. The van der Waals surface area contributed by atoms with Crippen LogP contribution >= 0.6 is 11.6 Å². The van der Waals surface area contributed by atoms with Crippen molar-refractivity contribution in [3.8, 4) is 0 Å². The second kappa shape index (κ2) is 6.75. The number of amides is 1. The zero-order chi connectivity index (χ0) is 17.3. The summed E-state index contributed by atoms with van der Waals surface area (Å²) in [6.07, 6.45) is 4.85. The van der Waals surface area contributed by atoms with Crippen LogP contribution in [0.2, 0.25) is 5.15 Å². The maximum absolute atomic E-state index is 12.6. The summed E-state index contributed by atoms with van der Waals surface area (Å²) in [6.45, 7) is 5.73. The van der Waals surface area contributed by atoms with E-state index in [0.29, 0.717) is 5.15 Å². The van der Waals surface area contributed by atoms with E-state index < -0.39 is 5.60 Å². The number of anilines is 1. The first-order chi connectivity index (χ1) is 11.3. The summed E-state index contributed by atoms with van der Waals surface area (Å²) in [4.78, 5) is 14.5. The minimum Gasteiger partial charge on any atom is -0.444 e. The minimum atomic E-state index is -0.459. The molecular weight excluding hydrogens is 328 g/mol. The Morgan fingerprint density at radius 2 is 1.92 bits per heavy atom. The molecule has 0 saturated carbocycles. The van der Waals surface area contributed by atoms with Crippen LogP contribution in [0.25, 0.3) is 0 Å². The molecule has 1 N–H and O–H groups in total. The number of nitrogens with one attached hydrogen (secondary N) is 1. The largest absolute Gasteiger partial charge is 0.444 e. The molecule has 3 rings (SSSR count). The zero-order valence-electron chi connectivity index (χ0n) is 14.5. The minimum absolute atomic E-state index is 0.179. The average Bonchev–Trinajstić information content (AvgIpc) is 2.47. The first-order valence-electron chi connectivity index (χ1n) is 8.59. The van der Waals surface area contributed by atoms with Gasteiger partial charge in [-0.2, -0.15) is 0 Å². The number of fused-ring (bicyclic) bond motifs is 2. The molecular formula is C17H25ClN4O2. The SMILES string of the molecule is CC(C)(C)OC(=O)N1C2CCCC1CC(Nc1ccc(Cl)nn1)C2. The van der Waals surface area contributed by atoms with Crippen LogP contribution in [0.3, 0.4) is 0 Å². The van der Waals surface area contributed by atoms with E-state index in [1.54, 1.807) is 6.07 Å². The third-order valence-electron chi connectivity index (χ3n) is 4.56. The van der Waals surface area contributed by atoms with Gasteiger partial charge < -0.3 is 15.0 Å². The van der Waals surface area contributed by atoms with Gasteiger partial charge in [0.1, 0.15) is 11.4 Å². The summed E-state index contributed by atoms with van der Waals surface area (Å²) in [5, 5.41) is 11.8. The summed E-state index contributed by atoms with van der Waals surface area (Å²) >= 11 is 5.78. The van der Waals surface area contributed by atoms with Crippen molar-refractivity contribution in [2.24, 2.45) is 0 Å². The lowest BCUT2D eigenvalue weighted by Gasteiger charge is -2.48. The van der Waals surface area contributed by atoms with Gasteiger partial charge in [-0.1, -0.05) is 11.6 Å². The predicted octanol–water partition coefficient (Wildman–Crippen LogP) is 3.86. The first-order valence-corrected chi connectivity index (χ1v) is 8.97. The summed E-state index contributed by atoms with van der Waals surface area (Å²) in [5.74, 6) is 0.730. The molecule has 2 aliphatic rings. The van der Waals surface area contributed by atoms with Crippen molar-refractivity contribution >= 4 is 23.5 Å². The van der Waals surface area contributed by atoms with Crippen molar-refractivity contribution in [1.82, 2.24) is 15.1 Å². The number of halogens is 1. The van der Waals surface area contributed by atoms with E-state index in [1.807, 2.05) is 31.7 Å². The summed E-state index contributed by atoms with van der Waals surface area (Å²) in [6, 6.07) is 4.31. The van der Waals surface area contributed by atoms with Crippen molar-refractivity contribution in [3.05, 3.63) is 17.3 Å². The Hall–Kier alpha value is -1.56. The molecule has 2 atom stereocenters. The van der Waals surface area contributed by atoms with Gasteiger partial charge >= 0.3 is 6.09 Å². The first kappa shape index (κ1) is 17.3. The van der Waals surface area contributed by atoms with Crippen LogP contribution in [0, 0.1) is 0 Å². The van der Waals surface area contributed by atoms with Gasteiger partial charge in [0, 0.05) is 18.1 Å². The molecule has 0 spiro atoms. The van der Waals surface area contributed by atoms with Crippen LogP contribution in [0.1, 0.15) is 52.9 Å². The Kier molecular flexibility index (Phi) is 4.85. The molecule has 2 aliphatic heterocycles. The summed E-state index contributed by atoms with van der Waals surface area (Å²) in [7, 11) is 0. The quantitative estimate of drug-likeness (QED) is 0.875. The van der Waals surface area contributed by atoms with Crippen molar-refractivity contribution in [2.45, 2.75) is 76.6 Å². The van der Waals surface area contributed by atoms with E-state index in [0.717, 1.165) is 31.5 Å². The number of ether oxygens (including phenoxy) is 1. The number of carbonyl (C=O) groups excluding carboxylic acids is 1. The molecule has 24 heavy (non-hydrogen) atoms. The summed E-state index contributed by atoms with van der Waals surface area (Å²) < 4.78 is 5.61. The Morgan fingerprint density at radius 3 is 2.46 bits per heavy atom. The lowest BCUT2D eigenvalue weighted by atomic mass is 9.82. The number of piperidine rings is 2. The third kappa shape index (κ3) is 4.09. The van der Waals surface area contributed by atoms with Gasteiger partial charge in [0.15, 0.2) is 5.15 Å². The maximum Gasteiger partial charge on any atom is 0.410 e. The van der Waals surface area contributed by atoms with Gasteiger partial charge in [-0.25, -0.2) is 4.79 Å². The lowest BCUT2D eigenvalue weighted by Crippen LogP contribution is -2.58. The number of rotatable bonds is 2. The Labute approximate surface area is 147 Å². The zero-order valence-corrected chi connectivity index (χ0v) is 15.2. The molecule has 1 amide bonds. The molecule has 6 nitrogen and oxygen atoms in total. The second-order valence-corrected chi connectivity index (χ2v) is 8.07. The van der Waals surface area contributed by atoms with Crippen molar-refractivity contribution in [2.75, 3.05) is 5.32 Å². The van der Waals surface area contributed by atoms with E-state index in [2.05, 4.69) is 15.5 Å². The fourth-order valence-electron chi connectivity index (χ4n) is 3.71. The molecule has 3 heterocycles. The van der Waals surface area contributed by atoms with Crippen LogP contribution < -0.4 is 5.32 Å². The Balaban J connectivity index is 1.66. The molecule has 0 radical (unpaired) electrons. The summed E-state index contributed by atoms with van der Waals surface area (Å²) in [5.41, 5.74) is -0.459. The Morgan fingerprint density at radius 1 is 1.25 bits per heavy atom. The molecule has 1 aromatic heterocycles. The highest BCUT2D eigenvalue weighted by atomic mass is 35.5. The van der Waals surface area contributed by atoms with Crippen LogP contribution in [-0.2, 0) is 4.74 Å². The molecule has 7 heteroatoms. The van der Waals surface area contributed by atoms with Gasteiger partial charge in [0.05, 0.1) is 0 Å². The van der Waals surface area contributed by atoms with Crippen LogP contribution in [0.15, 0.2) is 12.1 Å². The van der Waals surface area contributed by atoms with Crippen LogP contribution in [-0.4, -0.2) is 44.9 Å². The second-order valence-electron chi connectivity index (χ2n) is 7.68. The highest BCUT2D eigenvalue weighted by molar-refractivity contribution is 6.29. The van der Waals surface area contributed by atoms with E-state index in [9.17, 15) is 4.79 Å². The van der Waals surface area contributed by atoms with Gasteiger partial charge in [-0.05, 0) is 65.0 Å². The molecule has 0 aromatic carbocycles. The lowest BCUT2D eigenvalue weighted by molar-refractivity contribution is -0.0199. The molecule has 1 aromatic rings. The molecule has 2 unspecified atom stereocenters. The number of carbonyl (C=O) groups is 1. The van der Waals surface area contributed by atoms with Gasteiger partial charge in [0.25, 0.3) is 0 Å². The molecule has 2 saturated heterocycles. The highest BCUT2D eigenvalue weighted by Crippen LogP contribution is 2.36. The predicted molar refractivity (Wildman–Crippen MR) is 93.2 cm³/mol. The highest BCUT2D eigenvalue weighted by Gasteiger charge is 2.42. The van der Waals surface area contributed by atoms with Crippen molar-refractivity contribution < 1.29 is 9.53 Å². The fourth-order valence-corrected chi connectivity index (χ4v) is 3.81. The van der Waals surface area contributed by atoms with Gasteiger partial charge in [-0.15, -0.1) is 10.2 Å². The number of hydrogen-bond acceptors (Lipinski definition) is 5. The van der Waals surface area contributed by atoms with Crippen molar-refractivity contribution in [3.63, 3.8) is 0 Å².